The van der Waals surface area contributed by atoms with Crippen LogP contribution >= 0.6 is 0 Å². The predicted octanol–water partition coefficient (Wildman–Crippen LogP) is -0.989. The van der Waals surface area contributed by atoms with Crippen LogP contribution in [0.2, 0.25) is 0 Å². The molecule has 0 spiro atoms. The molecule has 7 heavy (non-hydrogen) atoms. The third-order valence-corrected chi connectivity index (χ3v) is 0.572. The zero-order chi connectivity index (χ0) is 5.70. The van der Waals surface area contributed by atoms with Gasteiger partial charge in [0.2, 0.25) is 0 Å². The van der Waals surface area contributed by atoms with Crippen molar-refractivity contribution in [2.75, 3.05) is 27.2 Å². The van der Waals surface area contributed by atoms with Crippen molar-refractivity contribution in [3.8, 4) is 0 Å². The van der Waals surface area contributed by atoms with Crippen molar-refractivity contribution in [1.82, 2.24) is 10.4 Å². The average Bonchev–Trinajstić information content (AvgIpc) is 1.61. The number of hydrogen-bond acceptors (Lipinski definition) is 3. The van der Waals surface area contributed by atoms with E-state index in [2.05, 4.69) is 5.43 Å². The fourth-order valence-corrected chi connectivity index (χ4v) is 0.288. The molecule has 0 aliphatic rings. The Hall–Kier alpha value is -0.120. The number of hydrogen-bond donors (Lipinski definition) is 2. The van der Waals surface area contributed by atoms with Gasteiger partial charge in [-0.3, -0.25) is 10.4 Å². The summed E-state index contributed by atoms with van der Waals surface area (Å²) in [6.07, 6.45) is 0. The Kier molecular flexibility index (Phi) is 3.98. The van der Waals surface area contributed by atoms with E-state index in [1.165, 1.54) is 0 Å². The molecule has 3 nitrogen and oxygen atoms in total. The van der Waals surface area contributed by atoms with Gasteiger partial charge < -0.3 is 5.73 Å². The topological polar surface area (TPSA) is 41.3 Å². The summed E-state index contributed by atoms with van der Waals surface area (Å²) < 4.78 is 0. The van der Waals surface area contributed by atoms with Crippen molar-refractivity contribution >= 4 is 0 Å². The normalized spacial score (nSPS) is 10.3. The third-order valence-electron chi connectivity index (χ3n) is 0.572. The van der Waals surface area contributed by atoms with Gasteiger partial charge in [0.15, 0.2) is 0 Å². The minimum Gasteiger partial charge on any atom is -0.329 e. The van der Waals surface area contributed by atoms with Crippen LogP contribution in [0.25, 0.3) is 0 Å². The van der Waals surface area contributed by atoms with E-state index in [0.29, 0.717) is 6.54 Å². The number of nitrogens with two attached hydrogens (primary N) is 1. The van der Waals surface area contributed by atoms with Gasteiger partial charge in [-0.25, -0.2) is 0 Å². The van der Waals surface area contributed by atoms with Crippen LogP contribution in [-0.2, 0) is 0 Å². The predicted molar refractivity (Wildman–Crippen MR) is 30.7 cm³/mol. The smallest absolute Gasteiger partial charge is 0.0225 e. The zero-order valence-corrected chi connectivity index (χ0v) is 4.94. The summed E-state index contributed by atoms with van der Waals surface area (Å²) in [6, 6.07) is 0. The molecule has 0 amide bonds. The second-order valence-corrected chi connectivity index (χ2v) is 1.59. The number of nitrogens with one attached hydrogen (secondary N) is 1. The molecule has 0 heterocycles. The fraction of sp³-hybridized carbons (Fsp3) is 1.00. The first kappa shape index (κ1) is 6.88. The van der Waals surface area contributed by atoms with Crippen LogP contribution in [0.1, 0.15) is 0 Å². The lowest BCUT2D eigenvalue weighted by Gasteiger charge is -2.08. The number of nitrogens with zero attached hydrogens (tertiary/aromatic N) is 1. The van der Waals surface area contributed by atoms with E-state index in [9.17, 15) is 0 Å². The van der Waals surface area contributed by atoms with E-state index < -0.39 is 0 Å². The molecular formula is C4H13N3. The van der Waals surface area contributed by atoms with E-state index in [1.54, 1.807) is 0 Å². The standard InChI is InChI=1S/C4H13N3/c1-7(2)6-4-3-5/h6H,3-5H2,1-2H3. The van der Waals surface area contributed by atoms with Crippen molar-refractivity contribution in [2.45, 2.75) is 0 Å². The Morgan fingerprint density at radius 1 is 1.57 bits per heavy atom. The summed E-state index contributed by atoms with van der Waals surface area (Å²) in [7, 11) is 3.88. The molecule has 44 valence electrons. The largest absolute Gasteiger partial charge is 0.329 e. The van der Waals surface area contributed by atoms with Gasteiger partial charge in [0.05, 0.1) is 0 Å². The number of rotatable bonds is 3. The first-order valence-electron chi connectivity index (χ1n) is 2.38. The molecule has 0 fully saturated rings. The maximum absolute atomic E-state index is 5.19. The SMILES string of the molecule is CN(C)NCCN. The van der Waals surface area contributed by atoms with E-state index in [0.717, 1.165) is 6.54 Å². The molecular weight excluding hydrogens is 90.1 g/mol. The number of hydrazine groups is 1. The van der Waals surface area contributed by atoms with Gasteiger partial charge in [-0.2, -0.15) is 0 Å². The van der Waals surface area contributed by atoms with E-state index >= 15 is 0 Å². The maximum Gasteiger partial charge on any atom is 0.0225 e. The first-order valence-corrected chi connectivity index (χ1v) is 2.38. The lowest BCUT2D eigenvalue weighted by molar-refractivity contribution is 0.294. The Bertz CT molecular complexity index is 35.9. The molecule has 0 saturated heterocycles. The quantitative estimate of drug-likeness (QED) is 0.451. The van der Waals surface area contributed by atoms with Crippen molar-refractivity contribution in [2.24, 2.45) is 5.73 Å². The van der Waals surface area contributed by atoms with Gasteiger partial charge in [0.1, 0.15) is 0 Å². The minimum absolute atomic E-state index is 0.693. The van der Waals surface area contributed by atoms with Crippen LogP contribution in [0.15, 0.2) is 0 Å². The second kappa shape index (κ2) is 4.05. The molecule has 0 saturated carbocycles. The highest BCUT2D eigenvalue weighted by atomic mass is 15.5. The van der Waals surface area contributed by atoms with Crippen molar-refractivity contribution in [1.29, 1.82) is 0 Å². The van der Waals surface area contributed by atoms with Gasteiger partial charge in [0.25, 0.3) is 0 Å². The highest BCUT2D eigenvalue weighted by Gasteiger charge is 1.80. The highest BCUT2D eigenvalue weighted by molar-refractivity contribution is 4.36. The van der Waals surface area contributed by atoms with Gasteiger partial charge in [0, 0.05) is 27.2 Å². The van der Waals surface area contributed by atoms with Crippen LogP contribution in [0.5, 0.6) is 0 Å². The van der Waals surface area contributed by atoms with Gasteiger partial charge >= 0.3 is 0 Å². The van der Waals surface area contributed by atoms with Gasteiger partial charge in [-0.15, -0.1) is 0 Å². The monoisotopic (exact) mass is 103 g/mol. The Balaban J connectivity index is 2.68. The Labute approximate surface area is 44.5 Å². The lowest BCUT2D eigenvalue weighted by Crippen LogP contribution is -2.34. The van der Waals surface area contributed by atoms with Gasteiger partial charge in [-0.1, -0.05) is 0 Å². The van der Waals surface area contributed by atoms with Crippen molar-refractivity contribution in [3.63, 3.8) is 0 Å². The average molecular weight is 103 g/mol. The molecule has 0 radical (unpaired) electrons. The molecule has 0 aliphatic carbocycles. The van der Waals surface area contributed by atoms with Gasteiger partial charge in [-0.05, 0) is 0 Å². The summed E-state index contributed by atoms with van der Waals surface area (Å²) in [5.74, 6) is 0. The molecule has 3 N–H and O–H groups in total. The summed E-state index contributed by atoms with van der Waals surface area (Å²) in [5, 5.41) is 1.88. The second-order valence-electron chi connectivity index (χ2n) is 1.59. The minimum atomic E-state index is 0.693. The molecule has 0 aromatic heterocycles. The van der Waals surface area contributed by atoms with E-state index in [-0.39, 0.29) is 0 Å². The molecule has 0 unspecified atom stereocenters. The summed E-state index contributed by atoms with van der Waals surface area (Å²) >= 11 is 0. The summed E-state index contributed by atoms with van der Waals surface area (Å²) in [5.41, 5.74) is 8.19. The first-order chi connectivity index (χ1) is 3.27. The molecule has 0 aliphatic heterocycles. The molecule has 0 aromatic rings. The van der Waals surface area contributed by atoms with Crippen molar-refractivity contribution in [3.05, 3.63) is 0 Å². The van der Waals surface area contributed by atoms with Crippen LogP contribution in [0, 0.1) is 0 Å². The maximum atomic E-state index is 5.19. The van der Waals surface area contributed by atoms with Crippen molar-refractivity contribution < 1.29 is 0 Å². The molecule has 0 bridgehead atoms. The Morgan fingerprint density at radius 3 is 2.29 bits per heavy atom. The van der Waals surface area contributed by atoms with Crippen LogP contribution in [-0.4, -0.2) is 32.2 Å². The Morgan fingerprint density at radius 2 is 2.14 bits per heavy atom. The third kappa shape index (κ3) is 5.88. The van der Waals surface area contributed by atoms with E-state index in [4.69, 9.17) is 5.73 Å². The van der Waals surface area contributed by atoms with Crippen LogP contribution in [0.4, 0.5) is 0 Å². The molecule has 0 atom stereocenters. The molecule has 0 aromatic carbocycles. The van der Waals surface area contributed by atoms with Crippen LogP contribution in [0.3, 0.4) is 0 Å². The fourth-order valence-electron chi connectivity index (χ4n) is 0.288. The van der Waals surface area contributed by atoms with E-state index in [1.807, 2.05) is 19.1 Å². The highest BCUT2D eigenvalue weighted by Crippen LogP contribution is 1.57. The zero-order valence-electron chi connectivity index (χ0n) is 4.94. The van der Waals surface area contributed by atoms with Crippen LogP contribution < -0.4 is 11.2 Å². The molecule has 3 heteroatoms. The summed E-state index contributed by atoms with van der Waals surface area (Å²) in [6.45, 7) is 1.55. The lowest BCUT2D eigenvalue weighted by atomic mass is 10.7. The summed E-state index contributed by atoms with van der Waals surface area (Å²) in [4.78, 5) is 0. The molecule has 0 rings (SSSR count).